The molecule has 0 bridgehead atoms. The fraction of sp³-hybridized carbons (Fsp3) is 0.381. The van der Waals surface area contributed by atoms with Crippen molar-refractivity contribution in [3.63, 3.8) is 0 Å². The van der Waals surface area contributed by atoms with E-state index in [0.29, 0.717) is 18.0 Å². The zero-order chi connectivity index (χ0) is 19.1. The van der Waals surface area contributed by atoms with Crippen molar-refractivity contribution in [2.75, 3.05) is 19.0 Å². The number of ether oxygens (including phenoxy) is 3. The minimum atomic E-state index is -0.527. The van der Waals surface area contributed by atoms with E-state index in [2.05, 4.69) is 38.2 Å². The van der Waals surface area contributed by atoms with Crippen molar-refractivity contribution < 1.29 is 19.0 Å². The van der Waals surface area contributed by atoms with Crippen LogP contribution in [0.25, 0.3) is 0 Å². The molecule has 5 heteroatoms. The first kappa shape index (κ1) is 19.6. The van der Waals surface area contributed by atoms with Crippen LogP contribution < -0.4 is 14.8 Å². The van der Waals surface area contributed by atoms with Crippen LogP contribution in [0.5, 0.6) is 11.5 Å². The Morgan fingerprint density at radius 1 is 1.04 bits per heavy atom. The van der Waals surface area contributed by atoms with Crippen molar-refractivity contribution in [3.05, 3.63) is 52.6 Å². The topological polar surface area (TPSA) is 56.8 Å². The summed E-state index contributed by atoms with van der Waals surface area (Å²) in [6.45, 7) is 9.00. The molecule has 0 saturated carbocycles. The van der Waals surface area contributed by atoms with E-state index in [1.165, 1.54) is 18.2 Å². The number of rotatable bonds is 7. The number of methoxy groups -OCH3 is 1. The molecule has 1 amide bonds. The first-order valence-electron chi connectivity index (χ1n) is 8.82. The number of nitrogens with one attached hydrogen (secondary N) is 1. The van der Waals surface area contributed by atoms with E-state index in [9.17, 15) is 4.79 Å². The van der Waals surface area contributed by atoms with Gasteiger partial charge in [-0.25, -0.2) is 4.79 Å². The van der Waals surface area contributed by atoms with Gasteiger partial charge in [0.1, 0.15) is 18.1 Å². The summed E-state index contributed by atoms with van der Waals surface area (Å²) < 4.78 is 16.5. The van der Waals surface area contributed by atoms with Crippen LogP contribution in [-0.4, -0.2) is 19.8 Å². The fourth-order valence-corrected chi connectivity index (χ4v) is 2.69. The number of carbonyl (C=O) groups is 1. The average molecular weight is 357 g/mol. The molecule has 0 heterocycles. The lowest BCUT2D eigenvalue weighted by molar-refractivity contribution is 0.187. The Bertz CT molecular complexity index is 771. The number of aryl methyl sites for hydroxylation is 3. The molecule has 1 N–H and O–H groups in total. The third-order valence-electron chi connectivity index (χ3n) is 4.28. The molecule has 0 spiro atoms. The summed E-state index contributed by atoms with van der Waals surface area (Å²) in [4.78, 5) is 11.6. The second-order valence-electron chi connectivity index (χ2n) is 6.02. The maximum absolute atomic E-state index is 11.6. The van der Waals surface area contributed by atoms with Gasteiger partial charge in [-0.15, -0.1) is 0 Å². The van der Waals surface area contributed by atoms with Crippen LogP contribution in [0, 0.1) is 13.8 Å². The van der Waals surface area contributed by atoms with Gasteiger partial charge >= 0.3 is 6.09 Å². The highest BCUT2D eigenvalue weighted by molar-refractivity contribution is 5.86. The summed E-state index contributed by atoms with van der Waals surface area (Å²) in [7, 11) is 1.33. The van der Waals surface area contributed by atoms with Gasteiger partial charge < -0.3 is 14.2 Å². The van der Waals surface area contributed by atoms with E-state index in [1.807, 2.05) is 19.1 Å². The van der Waals surface area contributed by atoms with E-state index in [4.69, 9.17) is 14.2 Å². The SMILES string of the molecule is CCOc1cccc(NC(=O)OC)c1COc1cc(C)c(C)cc1CC. The molecular formula is C21H27NO4. The predicted octanol–water partition coefficient (Wildman–Crippen LogP) is 5.02. The maximum Gasteiger partial charge on any atom is 0.411 e. The summed E-state index contributed by atoms with van der Waals surface area (Å²) in [5.41, 5.74) is 4.98. The molecule has 0 unspecified atom stereocenters. The molecule has 0 fully saturated rings. The van der Waals surface area contributed by atoms with Crippen LogP contribution in [0.4, 0.5) is 10.5 Å². The Balaban J connectivity index is 2.33. The van der Waals surface area contributed by atoms with Crippen molar-refractivity contribution in [1.82, 2.24) is 0 Å². The van der Waals surface area contributed by atoms with Gasteiger partial charge in [-0.05, 0) is 62.1 Å². The minimum absolute atomic E-state index is 0.283. The molecule has 0 aliphatic carbocycles. The van der Waals surface area contributed by atoms with Crippen LogP contribution in [-0.2, 0) is 17.8 Å². The molecular weight excluding hydrogens is 330 g/mol. The minimum Gasteiger partial charge on any atom is -0.493 e. The summed E-state index contributed by atoms with van der Waals surface area (Å²) >= 11 is 0. The van der Waals surface area contributed by atoms with Crippen molar-refractivity contribution in [1.29, 1.82) is 0 Å². The lowest BCUT2D eigenvalue weighted by atomic mass is 10.0. The summed E-state index contributed by atoms with van der Waals surface area (Å²) in [6.07, 6.45) is 0.358. The van der Waals surface area contributed by atoms with Gasteiger partial charge in [0.05, 0.1) is 25.0 Å². The maximum atomic E-state index is 11.6. The number of amides is 1. The number of hydrogen-bond acceptors (Lipinski definition) is 4. The molecule has 0 radical (unpaired) electrons. The van der Waals surface area contributed by atoms with Gasteiger partial charge in [0.15, 0.2) is 0 Å². The molecule has 140 valence electrons. The second-order valence-corrected chi connectivity index (χ2v) is 6.02. The van der Waals surface area contributed by atoms with Crippen LogP contribution in [0.3, 0.4) is 0 Å². The van der Waals surface area contributed by atoms with Gasteiger partial charge in [0.25, 0.3) is 0 Å². The number of anilines is 1. The Hall–Kier alpha value is -2.69. The molecule has 0 aromatic heterocycles. The molecule has 26 heavy (non-hydrogen) atoms. The van der Waals surface area contributed by atoms with Gasteiger partial charge in [0, 0.05) is 0 Å². The van der Waals surface area contributed by atoms with Crippen molar-refractivity contribution in [3.8, 4) is 11.5 Å². The first-order chi connectivity index (χ1) is 12.5. The predicted molar refractivity (Wildman–Crippen MR) is 103 cm³/mol. The Morgan fingerprint density at radius 3 is 2.42 bits per heavy atom. The average Bonchev–Trinajstić information content (AvgIpc) is 2.63. The molecule has 2 rings (SSSR count). The van der Waals surface area contributed by atoms with Gasteiger partial charge in [-0.3, -0.25) is 5.32 Å². The molecule has 5 nitrogen and oxygen atoms in total. The molecule has 0 saturated heterocycles. The highest BCUT2D eigenvalue weighted by Crippen LogP contribution is 2.30. The zero-order valence-corrected chi connectivity index (χ0v) is 16.1. The molecule has 0 aliphatic heterocycles. The Labute approximate surface area is 155 Å². The zero-order valence-electron chi connectivity index (χ0n) is 16.1. The van der Waals surface area contributed by atoms with Crippen LogP contribution >= 0.6 is 0 Å². The monoisotopic (exact) mass is 357 g/mol. The third-order valence-corrected chi connectivity index (χ3v) is 4.28. The number of carbonyl (C=O) groups excluding carboxylic acids is 1. The molecule has 0 aliphatic rings. The largest absolute Gasteiger partial charge is 0.493 e. The standard InChI is InChI=1S/C21H27NO4/c1-6-16-11-14(3)15(4)12-20(16)26-13-17-18(22-21(23)24-5)9-8-10-19(17)25-7-2/h8-12H,6-7,13H2,1-5H3,(H,22,23). The van der Waals surface area contributed by atoms with Crippen LogP contribution in [0.1, 0.15) is 36.1 Å². The van der Waals surface area contributed by atoms with E-state index in [0.717, 1.165) is 23.3 Å². The first-order valence-corrected chi connectivity index (χ1v) is 8.82. The molecule has 2 aromatic carbocycles. The smallest absolute Gasteiger partial charge is 0.411 e. The third kappa shape index (κ3) is 4.69. The highest BCUT2D eigenvalue weighted by atomic mass is 16.5. The second kappa shape index (κ2) is 9.13. The van der Waals surface area contributed by atoms with Gasteiger partial charge in [0.2, 0.25) is 0 Å². The normalized spacial score (nSPS) is 10.3. The lowest BCUT2D eigenvalue weighted by Crippen LogP contribution is -2.14. The number of hydrogen-bond donors (Lipinski definition) is 1. The van der Waals surface area contributed by atoms with E-state index >= 15 is 0 Å². The lowest BCUT2D eigenvalue weighted by Gasteiger charge is -2.18. The molecule has 2 aromatic rings. The number of benzene rings is 2. The van der Waals surface area contributed by atoms with Crippen molar-refractivity contribution >= 4 is 11.8 Å². The Morgan fingerprint density at radius 2 is 1.77 bits per heavy atom. The summed E-state index contributed by atoms with van der Waals surface area (Å²) in [5, 5.41) is 2.72. The fourth-order valence-electron chi connectivity index (χ4n) is 2.69. The van der Waals surface area contributed by atoms with Crippen molar-refractivity contribution in [2.45, 2.75) is 40.7 Å². The highest BCUT2D eigenvalue weighted by Gasteiger charge is 2.14. The quantitative estimate of drug-likeness (QED) is 0.756. The molecule has 0 atom stereocenters. The van der Waals surface area contributed by atoms with E-state index in [1.54, 1.807) is 6.07 Å². The van der Waals surface area contributed by atoms with Gasteiger partial charge in [-0.1, -0.05) is 19.1 Å². The van der Waals surface area contributed by atoms with Crippen LogP contribution in [0.2, 0.25) is 0 Å². The van der Waals surface area contributed by atoms with E-state index in [-0.39, 0.29) is 6.61 Å². The van der Waals surface area contributed by atoms with Crippen LogP contribution in [0.15, 0.2) is 30.3 Å². The summed E-state index contributed by atoms with van der Waals surface area (Å²) in [5.74, 6) is 1.54. The Kier molecular flexibility index (Phi) is 6.89. The van der Waals surface area contributed by atoms with E-state index < -0.39 is 6.09 Å². The summed E-state index contributed by atoms with van der Waals surface area (Å²) in [6, 6.07) is 9.72. The van der Waals surface area contributed by atoms with Gasteiger partial charge in [-0.2, -0.15) is 0 Å². The van der Waals surface area contributed by atoms with Crippen molar-refractivity contribution in [2.24, 2.45) is 0 Å².